The second kappa shape index (κ2) is 15.4. The Bertz CT molecular complexity index is 465. The second-order valence-electron chi connectivity index (χ2n) is 3.89. The highest BCUT2D eigenvalue weighted by atomic mass is 16.6. The predicted octanol–water partition coefficient (Wildman–Crippen LogP) is 2.26. The van der Waals surface area contributed by atoms with Crippen LogP contribution < -0.4 is 0 Å². The average molecular weight is 324 g/mol. The highest BCUT2D eigenvalue weighted by Crippen LogP contribution is 1.93. The molecule has 126 valence electrons. The summed E-state index contributed by atoms with van der Waals surface area (Å²) in [5, 5.41) is 16.2. The highest BCUT2D eigenvalue weighted by Gasteiger charge is 2.04. The van der Waals surface area contributed by atoms with E-state index in [1.807, 2.05) is 12.2 Å². The summed E-state index contributed by atoms with van der Waals surface area (Å²) in [5.41, 5.74) is 0. The quantitative estimate of drug-likeness (QED) is 0.231. The molecule has 0 aliphatic heterocycles. The third-order valence-corrected chi connectivity index (χ3v) is 1.92. The maximum absolute atomic E-state index is 10.6. The number of carboxylic acids is 2. The van der Waals surface area contributed by atoms with Crippen LogP contribution in [0.1, 0.15) is 26.2 Å². The third kappa shape index (κ3) is 21.5. The lowest BCUT2D eigenvalue weighted by molar-refractivity contribution is -0.153. The van der Waals surface area contributed by atoms with Crippen molar-refractivity contribution >= 4 is 23.9 Å². The fraction of sp³-hybridized carbons (Fsp3) is 0.250. The minimum Gasteiger partial charge on any atom is -0.478 e. The van der Waals surface area contributed by atoms with E-state index in [2.05, 4.69) is 24.3 Å². The van der Waals surface area contributed by atoms with Crippen LogP contribution in [0.15, 0.2) is 49.1 Å². The Balaban J connectivity index is 0. The van der Waals surface area contributed by atoms with Gasteiger partial charge in [0.05, 0.1) is 0 Å². The molecule has 0 heterocycles. The Labute approximate surface area is 134 Å². The van der Waals surface area contributed by atoms with Crippen molar-refractivity contribution in [2.24, 2.45) is 0 Å². The number of aliphatic carboxylic acids is 2. The van der Waals surface area contributed by atoms with Crippen molar-refractivity contribution in [3.63, 3.8) is 0 Å². The molecule has 0 aliphatic rings. The van der Waals surface area contributed by atoms with Crippen molar-refractivity contribution in [2.75, 3.05) is 0 Å². The molecule has 0 bridgehead atoms. The topological polar surface area (TPSA) is 118 Å². The Kier molecular flexibility index (Phi) is 15.0. The van der Waals surface area contributed by atoms with Crippen LogP contribution in [0.5, 0.6) is 0 Å². The van der Waals surface area contributed by atoms with Gasteiger partial charge in [0.1, 0.15) is 0 Å². The Morgan fingerprint density at radius 1 is 0.957 bits per heavy atom. The van der Waals surface area contributed by atoms with Crippen LogP contribution in [-0.2, 0) is 23.9 Å². The first-order valence-electron chi connectivity index (χ1n) is 6.68. The average Bonchev–Trinajstić information content (AvgIpc) is 2.48. The van der Waals surface area contributed by atoms with Crippen LogP contribution in [0.3, 0.4) is 0 Å². The van der Waals surface area contributed by atoms with Crippen molar-refractivity contribution in [1.29, 1.82) is 0 Å². The van der Waals surface area contributed by atoms with Crippen molar-refractivity contribution in [1.82, 2.24) is 0 Å². The fourth-order valence-corrected chi connectivity index (χ4v) is 0.960. The smallest absolute Gasteiger partial charge is 0.338 e. The SMILES string of the molecule is C=C/C=C/CCCC.O=C(O)/C=C\C(=O)OC(=O)/C=C\C(=O)O. The number of hydrogen-bond donors (Lipinski definition) is 2. The molecule has 23 heavy (non-hydrogen) atoms. The molecule has 0 spiro atoms. The standard InChI is InChI=1S/C8H6O7.C8H14/c9-5(10)1-3-7(13)15-8(14)4-2-6(11)12;1-3-5-7-8-6-4-2/h1-4H,(H,9,10)(H,11,12);3,5,7H,1,4,6,8H2,2H3/b3-1-,4-2-;7-5+. The summed E-state index contributed by atoms with van der Waals surface area (Å²) in [7, 11) is 0. The molecule has 2 N–H and O–H groups in total. The molecule has 0 aromatic carbocycles. The van der Waals surface area contributed by atoms with E-state index in [0.29, 0.717) is 24.3 Å². The Hall–Kier alpha value is -2.96. The van der Waals surface area contributed by atoms with Gasteiger partial charge in [-0.2, -0.15) is 0 Å². The van der Waals surface area contributed by atoms with Crippen molar-refractivity contribution in [3.8, 4) is 0 Å². The molecule has 7 nitrogen and oxygen atoms in total. The molecule has 0 fully saturated rings. The van der Waals surface area contributed by atoms with E-state index in [1.165, 1.54) is 19.3 Å². The van der Waals surface area contributed by atoms with E-state index >= 15 is 0 Å². The van der Waals surface area contributed by atoms with Gasteiger partial charge in [0.25, 0.3) is 0 Å². The number of carbonyl (C=O) groups excluding carboxylic acids is 2. The summed E-state index contributed by atoms with van der Waals surface area (Å²) >= 11 is 0. The van der Waals surface area contributed by atoms with Gasteiger partial charge < -0.3 is 14.9 Å². The van der Waals surface area contributed by atoms with Gasteiger partial charge in [-0.25, -0.2) is 19.2 Å². The van der Waals surface area contributed by atoms with E-state index in [4.69, 9.17) is 10.2 Å². The summed E-state index contributed by atoms with van der Waals surface area (Å²) in [4.78, 5) is 41.1. The lowest BCUT2D eigenvalue weighted by Gasteiger charge is -1.92. The van der Waals surface area contributed by atoms with Crippen LogP contribution >= 0.6 is 0 Å². The number of ether oxygens (including phenoxy) is 1. The summed E-state index contributed by atoms with van der Waals surface area (Å²) in [6.45, 7) is 5.77. The fourth-order valence-electron chi connectivity index (χ4n) is 0.960. The van der Waals surface area contributed by atoms with Crippen molar-refractivity contribution < 1.29 is 34.1 Å². The minimum atomic E-state index is -1.37. The van der Waals surface area contributed by atoms with Crippen LogP contribution in [0.4, 0.5) is 0 Å². The molecule has 0 unspecified atom stereocenters. The van der Waals surface area contributed by atoms with Crippen molar-refractivity contribution in [2.45, 2.75) is 26.2 Å². The van der Waals surface area contributed by atoms with E-state index in [-0.39, 0.29) is 0 Å². The molecule has 0 rings (SSSR count). The monoisotopic (exact) mass is 324 g/mol. The van der Waals surface area contributed by atoms with Gasteiger partial charge >= 0.3 is 23.9 Å². The number of esters is 2. The van der Waals surface area contributed by atoms with Gasteiger partial charge in [-0.15, -0.1) is 0 Å². The number of carboxylic acid groups (broad SMARTS) is 2. The first-order chi connectivity index (χ1) is 10.8. The summed E-state index contributed by atoms with van der Waals surface area (Å²) in [6, 6.07) is 0. The van der Waals surface area contributed by atoms with E-state index in [0.717, 1.165) is 0 Å². The lowest BCUT2D eigenvalue weighted by Crippen LogP contribution is -2.08. The van der Waals surface area contributed by atoms with Gasteiger partial charge in [-0.05, 0) is 6.42 Å². The molecule has 0 radical (unpaired) electrons. The molecule has 0 atom stereocenters. The van der Waals surface area contributed by atoms with Gasteiger partial charge in [0.2, 0.25) is 0 Å². The third-order valence-electron chi connectivity index (χ3n) is 1.92. The Morgan fingerprint density at radius 3 is 1.78 bits per heavy atom. The summed E-state index contributed by atoms with van der Waals surface area (Å²) in [5.74, 6) is -5.14. The molecular weight excluding hydrogens is 304 g/mol. The van der Waals surface area contributed by atoms with E-state index in [9.17, 15) is 19.2 Å². The van der Waals surface area contributed by atoms with Crippen LogP contribution in [0, 0.1) is 0 Å². The maximum Gasteiger partial charge on any atom is 0.338 e. The van der Waals surface area contributed by atoms with Crippen LogP contribution in [-0.4, -0.2) is 34.1 Å². The van der Waals surface area contributed by atoms with Gasteiger partial charge in [0, 0.05) is 24.3 Å². The lowest BCUT2D eigenvalue weighted by atomic mass is 10.2. The molecule has 0 aromatic rings. The summed E-state index contributed by atoms with van der Waals surface area (Å²) in [6.07, 6.45) is 11.7. The Morgan fingerprint density at radius 2 is 1.43 bits per heavy atom. The molecule has 0 aliphatic carbocycles. The van der Waals surface area contributed by atoms with E-state index in [1.54, 1.807) is 0 Å². The number of hydrogen-bond acceptors (Lipinski definition) is 5. The van der Waals surface area contributed by atoms with E-state index < -0.39 is 23.9 Å². The first kappa shape index (κ1) is 22.3. The number of unbranched alkanes of at least 4 members (excludes halogenated alkanes) is 2. The molecule has 0 saturated heterocycles. The maximum atomic E-state index is 10.6. The van der Waals surface area contributed by atoms with Gasteiger partial charge in [-0.3, -0.25) is 0 Å². The zero-order chi connectivity index (χ0) is 18.1. The zero-order valence-corrected chi connectivity index (χ0v) is 12.8. The normalized spacial score (nSPS) is 10.3. The largest absolute Gasteiger partial charge is 0.478 e. The molecule has 0 amide bonds. The number of rotatable bonds is 8. The minimum absolute atomic E-state index is 0.483. The summed E-state index contributed by atoms with van der Waals surface area (Å²) < 4.78 is 3.97. The highest BCUT2D eigenvalue weighted by molar-refractivity contribution is 6.00. The van der Waals surface area contributed by atoms with Gasteiger partial charge in [-0.1, -0.05) is 44.6 Å². The number of carbonyl (C=O) groups is 4. The van der Waals surface area contributed by atoms with Crippen molar-refractivity contribution in [3.05, 3.63) is 49.1 Å². The first-order valence-corrected chi connectivity index (χ1v) is 6.68. The zero-order valence-electron chi connectivity index (χ0n) is 12.8. The molecule has 0 aromatic heterocycles. The molecule has 7 heteroatoms. The van der Waals surface area contributed by atoms with Crippen LogP contribution in [0.25, 0.3) is 0 Å². The molecular formula is C16H20O7. The van der Waals surface area contributed by atoms with Crippen LogP contribution in [0.2, 0.25) is 0 Å². The molecule has 0 saturated carbocycles. The predicted molar refractivity (Wildman–Crippen MR) is 83.5 cm³/mol. The second-order valence-corrected chi connectivity index (χ2v) is 3.89. The number of allylic oxidation sites excluding steroid dienone is 3. The van der Waals surface area contributed by atoms with Gasteiger partial charge in [0.15, 0.2) is 0 Å².